The summed E-state index contributed by atoms with van der Waals surface area (Å²) in [5.41, 5.74) is 2.63. The van der Waals surface area contributed by atoms with Gasteiger partial charge in [0, 0.05) is 62.5 Å². The molecule has 32 heavy (non-hydrogen) atoms. The normalized spacial score (nSPS) is 15.8. The van der Waals surface area contributed by atoms with Gasteiger partial charge in [-0.3, -0.25) is 0 Å². The molecule has 0 aliphatic carbocycles. The van der Waals surface area contributed by atoms with Crippen molar-refractivity contribution >= 4 is 11.4 Å². The summed E-state index contributed by atoms with van der Waals surface area (Å²) in [4.78, 5) is 10.1. The first-order valence-electron chi connectivity index (χ1n) is 12.3. The second-order valence-corrected chi connectivity index (χ2v) is 9.38. The zero-order chi connectivity index (χ0) is 22.9. The topological polar surface area (TPSA) is 13.0 Å². The summed E-state index contributed by atoms with van der Waals surface area (Å²) < 4.78 is 0. The maximum Gasteiger partial charge on any atom is 0.103 e. The number of para-hydroxylation sites is 2. The highest BCUT2D eigenvalue weighted by molar-refractivity contribution is 5.47. The average molecular weight is 435 g/mol. The van der Waals surface area contributed by atoms with Crippen LogP contribution in [0.25, 0.3) is 0 Å². The van der Waals surface area contributed by atoms with Gasteiger partial charge in [0.25, 0.3) is 0 Å². The Morgan fingerprint density at radius 1 is 0.719 bits per heavy atom. The SMILES string of the molecule is CCCN(CCN1C=CN(CCN(c2ccccc2)C(C)C)C1C(C)C)c1ccccc1. The van der Waals surface area contributed by atoms with Crippen LogP contribution >= 0.6 is 0 Å². The lowest BCUT2D eigenvalue weighted by atomic mass is 10.1. The molecule has 0 radical (unpaired) electrons. The van der Waals surface area contributed by atoms with E-state index >= 15 is 0 Å². The lowest BCUT2D eigenvalue weighted by molar-refractivity contribution is 0.111. The van der Waals surface area contributed by atoms with E-state index in [9.17, 15) is 0 Å². The van der Waals surface area contributed by atoms with Crippen LogP contribution < -0.4 is 9.80 Å². The molecule has 0 aromatic heterocycles. The Morgan fingerprint density at radius 2 is 1.25 bits per heavy atom. The summed E-state index contributed by atoms with van der Waals surface area (Å²) in [5.74, 6) is 0.561. The van der Waals surface area contributed by atoms with E-state index in [1.807, 2.05) is 0 Å². The molecule has 1 unspecified atom stereocenters. The average Bonchev–Trinajstić information content (AvgIpc) is 3.21. The minimum absolute atomic E-state index is 0.416. The lowest BCUT2D eigenvalue weighted by Gasteiger charge is -2.38. The number of benzene rings is 2. The summed E-state index contributed by atoms with van der Waals surface area (Å²) in [6.07, 6.45) is 6.19. The van der Waals surface area contributed by atoms with Crippen molar-refractivity contribution < 1.29 is 0 Å². The van der Waals surface area contributed by atoms with Gasteiger partial charge in [-0.2, -0.15) is 0 Å². The molecule has 1 heterocycles. The van der Waals surface area contributed by atoms with Crippen molar-refractivity contribution in [3.8, 4) is 0 Å². The van der Waals surface area contributed by atoms with Crippen molar-refractivity contribution in [2.45, 2.75) is 53.2 Å². The fraction of sp³-hybridized carbons (Fsp3) is 0.500. The molecule has 4 nitrogen and oxygen atoms in total. The summed E-state index contributed by atoms with van der Waals surface area (Å²) in [7, 11) is 0. The first-order valence-corrected chi connectivity index (χ1v) is 12.3. The van der Waals surface area contributed by atoms with Crippen molar-refractivity contribution in [2.75, 3.05) is 42.5 Å². The molecule has 3 rings (SSSR count). The number of anilines is 2. The number of rotatable bonds is 12. The van der Waals surface area contributed by atoms with Gasteiger partial charge >= 0.3 is 0 Å². The highest BCUT2D eigenvalue weighted by atomic mass is 15.4. The van der Waals surface area contributed by atoms with Gasteiger partial charge < -0.3 is 19.6 Å². The Hall–Kier alpha value is -2.62. The van der Waals surface area contributed by atoms with Gasteiger partial charge in [0.1, 0.15) is 6.17 Å². The molecule has 0 saturated heterocycles. The third-order valence-electron chi connectivity index (χ3n) is 6.28. The molecule has 174 valence electrons. The van der Waals surface area contributed by atoms with Crippen LogP contribution in [0.1, 0.15) is 41.0 Å². The summed E-state index contributed by atoms with van der Waals surface area (Å²) >= 11 is 0. The summed E-state index contributed by atoms with van der Waals surface area (Å²) in [6, 6.07) is 22.1. The summed E-state index contributed by atoms with van der Waals surface area (Å²) in [6.45, 7) is 16.7. The summed E-state index contributed by atoms with van der Waals surface area (Å²) in [5, 5.41) is 0. The van der Waals surface area contributed by atoms with Crippen LogP contribution in [-0.2, 0) is 0 Å². The van der Waals surface area contributed by atoms with Crippen LogP contribution in [0.5, 0.6) is 0 Å². The molecule has 1 aliphatic heterocycles. The van der Waals surface area contributed by atoms with Crippen molar-refractivity contribution in [1.82, 2.24) is 9.80 Å². The van der Waals surface area contributed by atoms with Gasteiger partial charge in [0.2, 0.25) is 0 Å². The quantitative estimate of drug-likeness (QED) is 0.413. The maximum absolute atomic E-state index is 2.54. The zero-order valence-corrected chi connectivity index (χ0v) is 20.7. The number of hydrogen-bond donors (Lipinski definition) is 0. The van der Waals surface area contributed by atoms with E-state index in [-0.39, 0.29) is 0 Å². The molecule has 2 aromatic carbocycles. The van der Waals surface area contributed by atoms with Crippen LogP contribution in [0.4, 0.5) is 11.4 Å². The highest BCUT2D eigenvalue weighted by Crippen LogP contribution is 2.24. The highest BCUT2D eigenvalue weighted by Gasteiger charge is 2.29. The predicted octanol–water partition coefficient (Wildman–Crippen LogP) is 5.89. The van der Waals surface area contributed by atoms with Crippen LogP contribution in [0.3, 0.4) is 0 Å². The van der Waals surface area contributed by atoms with Crippen molar-refractivity contribution in [3.63, 3.8) is 0 Å². The molecule has 0 N–H and O–H groups in total. The van der Waals surface area contributed by atoms with Crippen molar-refractivity contribution in [3.05, 3.63) is 73.1 Å². The van der Waals surface area contributed by atoms with E-state index in [0.29, 0.717) is 18.1 Å². The van der Waals surface area contributed by atoms with E-state index in [2.05, 4.69) is 127 Å². The molecule has 0 spiro atoms. The van der Waals surface area contributed by atoms with E-state index in [1.165, 1.54) is 11.4 Å². The van der Waals surface area contributed by atoms with Crippen molar-refractivity contribution in [2.24, 2.45) is 5.92 Å². The van der Waals surface area contributed by atoms with E-state index in [1.54, 1.807) is 0 Å². The Balaban J connectivity index is 1.62. The third-order valence-corrected chi connectivity index (χ3v) is 6.28. The minimum Gasteiger partial charge on any atom is -0.370 e. The van der Waals surface area contributed by atoms with Gasteiger partial charge in [-0.1, -0.05) is 57.2 Å². The van der Waals surface area contributed by atoms with Gasteiger partial charge in [0.15, 0.2) is 0 Å². The molecule has 0 bridgehead atoms. The van der Waals surface area contributed by atoms with Gasteiger partial charge in [-0.15, -0.1) is 0 Å². The fourth-order valence-corrected chi connectivity index (χ4v) is 4.76. The van der Waals surface area contributed by atoms with Crippen LogP contribution in [0.2, 0.25) is 0 Å². The Bertz CT molecular complexity index is 803. The third kappa shape index (κ3) is 6.21. The van der Waals surface area contributed by atoms with Gasteiger partial charge in [-0.05, 0) is 50.5 Å². The first kappa shape index (κ1) is 24.0. The standard InChI is InChI=1S/C28H42N4/c1-6-17-29(26-13-9-7-10-14-26)18-19-30-20-21-31(28(30)24(2)3)22-23-32(25(4)5)27-15-11-8-12-16-27/h7-16,20-21,24-25,28H,6,17-19,22-23H2,1-5H3. The largest absolute Gasteiger partial charge is 0.370 e. The number of nitrogens with zero attached hydrogens (tertiary/aromatic N) is 4. The maximum atomic E-state index is 2.54. The molecule has 0 fully saturated rings. The van der Waals surface area contributed by atoms with Gasteiger partial charge in [0.05, 0.1) is 0 Å². The monoisotopic (exact) mass is 434 g/mol. The van der Waals surface area contributed by atoms with Crippen molar-refractivity contribution in [1.29, 1.82) is 0 Å². The van der Waals surface area contributed by atoms with E-state index < -0.39 is 0 Å². The zero-order valence-electron chi connectivity index (χ0n) is 20.7. The lowest BCUT2D eigenvalue weighted by Crippen LogP contribution is -2.48. The van der Waals surface area contributed by atoms with Gasteiger partial charge in [-0.25, -0.2) is 0 Å². The molecule has 1 atom stereocenters. The molecule has 4 heteroatoms. The van der Waals surface area contributed by atoms with Crippen LogP contribution in [0.15, 0.2) is 73.1 Å². The smallest absolute Gasteiger partial charge is 0.103 e. The molecular weight excluding hydrogens is 392 g/mol. The predicted molar refractivity (Wildman–Crippen MR) is 139 cm³/mol. The molecule has 0 saturated carbocycles. The Labute approximate surface area is 196 Å². The van der Waals surface area contributed by atoms with Crippen LogP contribution in [-0.4, -0.2) is 54.7 Å². The first-order chi connectivity index (χ1) is 15.5. The fourth-order valence-electron chi connectivity index (χ4n) is 4.76. The Kier molecular flexibility index (Phi) is 8.90. The van der Waals surface area contributed by atoms with E-state index in [4.69, 9.17) is 0 Å². The molecule has 0 amide bonds. The Morgan fingerprint density at radius 3 is 1.75 bits per heavy atom. The molecule has 1 aliphatic rings. The molecule has 2 aromatic rings. The molecular formula is C28H42N4. The second kappa shape index (κ2) is 11.8. The number of hydrogen-bond acceptors (Lipinski definition) is 4. The second-order valence-electron chi connectivity index (χ2n) is 9.38. The van der Waals surface area contributed by atoms with E-state index in [0.717, 1.165) is 39.1 Å². The van der Waals surface area contributed by atoms with Crippen LogP contribution in [0, 0.1) is 5.92 Å². The minimum atomic E-state index is 0.416.